The lowest BCUT2D eigenvalue weighted by atomic mass is 10.1. The van der Waals surface area contributed by atoms with Gasteiger partial charge < -0.3 is 4.90 Å². The molecule has 2 rings (SSSR count). The molecule has 0 aromatic heterocycles. The first kappa shape index (κ1) is 11.0. The van der Waals surface area contributed by atoms with Crippen molar-refractivity contribution in [2.75, 3.05) is 7.05 Å². The number of hydrogen-bond donors (Lipinski definition) is 0. The lowest BCUT2D eigenvalue weighted by Gasteiger charge is -2.08. The monoisotopic (exact) mass is 233 g/mol. The van der Waals surface area contributed by atoms with Gasteiger partial charge in [-0.05, 0) is 12.1 Å². The second-order valence-electron chi connectivity index (χ2n) is 3.55. The SMILES string of the molecule is CC(=O)N(C)C=C1Sc2ccccc2C1=O. The van der Waals surface area contributed by atoms with Crippen LogP contribution in [0.4, 0.5) is 0 Å². The van der Waals surface area contributed by atoms with Crippen LogP contribution >= 0.6 is 11.8 Å². The molecule has 82 valence electrons. The van der Waals surface area contributed by atoms with Crippen molar-refractivity contribution in [2.45, 2.75) is 11.8 Å². The van der Waals surface area contributed by atoms with Gasteiger partial charge in [-0.2, -0.15) is 0 Å². The van der Waals surface area contributed by atoms with E-state index in [1.807, 2.05) is 18.2 Å². The van der Waals surface area contributed by atoms with Crippen LogP contribution in [-0.4, -0.2) is 23.6 Å². The zero-order valence-corrected chi connectivity index (χ0v) is 9.88. The summed E-state index contributed by atoms with van der Waals surface area (Å²) in [4.78, 5) is 26.0. The predicted octanol–water partition coefficient (Wildman–Crippen LogP) is 2.29. The molecule has 0 atom stereocenters. The molecule has 0 unspecified atom stereocenters. The molecule has 0 N–H and O–H groups in total. The zero-order chi connectivity index (χ0) is 11.7. The van der Waals surface area contributed by atoms with E-state index in [9.17, 15) is 9.59 Å². The summed E-state index contributed by atoms with van der Waals surface area (Å²) < 4.78 is 0. The van der Waals surface area contributed by atoms with Crippen molar-refractivity contribution in [3.8, 4) is 0 Å². The van der Waals surface area contributed by atoms with E-state index >= 15 is 0 Å². The van der Waals surface area contributed by atoms with Crippen molar-refractivity contribution in [3.63, 3.8) is 0 Å². The molecule has 1 aliphatic heterocycles. The predicted molar refractivity (Wildman–Crippen MR) is 63.2 cm³/mol. The maximum Gasteiger partial charge on any atom is 0.223 e. The van der Waals surface area contributed by atoms with Gasteiger partial charge in [0, 0.05) is 30.6 Å². The number of fused-ring (bicyclic) bond motifs is 1. The molecular weight excluding hydrogens is 222 g/mol. The summed E-state index contributed by atoms with van der Waals surface area (Å²) in [5.41, 5.74) is 0.718. The van der Waals surface area contributed by atoms with Crippen LogP contribution in [0, 0.1) is 0 Å². The Kier molecular flexibility index (Phi) is 2.83. The third-order valence-corrected chi connectivity index (χ3v) is 3.47. The lowest BCUT2D eigenvalue weighted by molar-refractivity contribution is -0.125. The van der Waals surface area contributed by atoms with Gasteiger partial charge in [-0.1, -0.05) is 23.9 Å². The Morgan fingerprint density at radius 2 is 2.06 bits per heavy atom. The van der Waals surface area contributed by atoms with E-state index in [1.165, 1.54) is 23.6 Å². The summed E-state index contributed by atoms with van der Waals surface area (Å²) >= 11 is 1.41. The van der Waals surface area contributed by atoms with Crippen molar-refractivity contribution in [3.05, 3.63) is 40.9 Å². The van der Waals surface area contributed by atoms with E-state index < -0.39 is 0 Å². The topological polar surface area (TPSA) is 37.4 Å². The van der Waals surface area contributed by atoms with Crippen molar-refractivity contribution < 1.29 is 9.59 Å². The minimum Gasteiger partial charge on any atom is -0.321 e. The third kappa shape index (κ3) is 1.88. The molecule has 1 aromatic carbocycles. The van der Waals surface area contributed by atoms with E-state index in [2.05, 4.69) is 0 Å². The number of ketones is 1. The average Bonchev–Trinajstić information content (AvgIpc) is 2.56. The summed E-state index contributed by atoms with van der Waals surface area (Å²) in [5, 5.41) is 0. The van der Waals surface area contributed by atoms with Crippen LogP contribution in [0.1, 0.15) is 17.3 Å². The van der Waals surface area contributed by atoms with Gasteiger partial charge in [0.2, 0.25) is 11.7 Å². The number of Topliss-reactive ketones (excluding diaryl/α,β-unsaturated/α-hetero) is 1. The van der Waals surface area contributed by atoms with Crippen LogP contribution in [0.2, 0.25) is 0 Å². The Morgan fingerprint density at radius 1 is 1.38 bits per heavy atom. The van der Waals surface area contributed by atoms with Crippen LogP contribution in [-0.2, 0) is 4.79 Å². The van der Waals surface area contributed by atoms with Crippen molar-refractivity contribution in [1.29, 1.82) is 0 Å². The standard InChI is InChI=1S/C12H11NO2S/c1-8(14)13(2)7-11-12(15)9-5-3-4-6-10(9)16-11/h3-7H,1-2H3. The Balaban J connectivity index is 2.32. The molecule has 0 spiro atoms. The Labute approximate surface area is 98.1 Å². The van der Waals surface area contributed by atoms with E-state index in [0.29, 0.717) is 4.91 Å². The fourth-order valence-corrected chi connectivity index (χ4v) is 2.46. The summed E-state index contributed by atoms with van der Waals surface area (Å²) in [7, 11) is 1.64. The molecule has 0 saturated carbocycles. The molecule has 0 fully saturated rings. The molecule has 0 bridgehead atoms. The highest BCUT2D eigenvalue weighted by Crippen LogP contribution is 2.39. The first-order valence-corrected chi connectivity index (χ1v) is 5.68. The second-order valence-corrected chi connectivity index (χ2v) is 4.63. The summed E-state index contributed by atoms with van der Waals surface area (Å²) in [6.45, 7) is 1.47. The first-order chi connectivity index (χ1) is 7.59. The van der Waals surface area contributed by atoms with Gasteiger partial charge in [0.05, 0.1) is 4.91 Å². The summed E-state index contributed by atoms with van der Waals surface area (Å²) in [6.07, 6.45) is 1.59. The molecule has 4 heteroatoms. The van der Waals surface area contributed by atoms with Crippen LogP contribution in [0.15, 0.2) is 40.3 Å². The van der Waals surface area contributed by atoms with Crippen LogP contribution in [0.5, 0.6) is 0 Å². The first-order valence-electron chi connectivity index (χ1n) is 4.86. The highest BCUT2D eigenvalue weighted by molar-refractivity contribution is 8.04. The van der Waals surface area contributed by atoms with Crippen molar-refractivity contribution >= 4 is 23.5 Å². The largest absolute Gasteiger partial charge is 0.321 e. The van der Waals surface area contributed by atoms with Crippen molar-refractivity contribution in [2.24, 2.45) is 0 Å². The van der Waals surface area contributed by atoms with Gasteiger partial charge in [-0.15, -0.1) is 0 Å². The maximum atomic E-state index is 11.9. The third-order valence-electron chi connectivity index (χ3n) is 2.38. The Morgan fingerprint density at radius 3 is 2.69 bits per heavy atom. The fourth-order valence-electron chi connectivity index (χ4n) is 1.39. The van der Waals surface area contributed by atoms with E-state index in [4.69, 9.17) is 0 Å². The number of hydrogen-bond acceptors (Lipinski definition) is 3. The van der Waals surface area contributed by atoms with Gasteiger partial charge in [-0.3, -0.25) is 9.59 Å². The number of benzene rings is 1. The maximum absolute atomic E-state index is 11.9. The molecule has 1 aliphatic rings. The van der Waals surface area contributed by atoms with Gasteiger partial charge in [0.1, 0.15) is 0 Å². The second kappa shape index (κ2) is 4.14. The minimum atomic E-state index is -0.0862. The van der Waals surface area contributed by atoms with Crippen LogP contribution in [0.3, 0.4) is 0 Å². The highest BCUT2D eigenvalue weighted by Gasteiger charge is 2.25. The Hall–Kier alpha value is -1.55. The molecule has 0 saturated heterocycles. The molecule has 0 aliphatic carbocycles. The van der Waals surface area contributed by atoms with Gasteiger partial charge in [0.25, 0.3) is 0 Å². The summed E-state index contributed by atoms with van der Waals surface area (Å²) in [6, 6.07) is 7.46. The van der Waals surface area contributed by atoms with Crippen LogP contribution in [0.25, 0.3) is 0 Å². The smallest absolute Gasteiger partial charge is 0.223 e. The number of carbonyl (C=O) groups excluding carboxylic acids is 2. The summed E-state index contributed by atoms with van der Waals surface area (Å²) in [5.74, 6) is -0.0921. The zero-order valence-electron chi connectivity index (χ0n) is 9.06. The quantitative estimate of drug-likeness (QED) is 0.698. The Bertz CT molecular complexity index is 494. The number of carbonyl (C=O) groups is 2. The normalized spacial score (nSPS) is 16.4. The van der Waals surface area contributed by atoms with Gasteiger partial charge in [-0.25, -0.2) is 0 Å². The number of allylic oxidation sites excluding steroid dienone is 1. The molecule has 1 aromatic rings. The van der Waals surface area contributed by atoms with Gasteiger partial charge >= 0.3 is 0 Å². The number of amides is 1. The fraction of sp³-hybridized carbons (Fsp3) is 0.167. The molecule has 16 heavy (non-hydrogen) atoms. The van der Waals surface area contributed by atoms with E-state index in [-0.39, 0.29) is 11.7 Å². The average molecular weight is 233 g/mol. The molecule has 1 heterocycles. The molecular formula is C12H11NO2S. The number of thioether (sulfide) groups is 1. The van der Waals surface area contributed by atoms with Crippen LogP contribution < -0.4 is 0 Å². The van der Waals surface area contributed by atoms with Crippen molar-refractivity contribution in [1.82, 2.24) is 4.90 Å². The highest BCUT2D eigenvalue weighted by atomic mass is 32.2. The van der Waals surface area contributed by atoms with Gasteiger partial charge in [0.15, 0.2) is 0 Å². The van der Waals surface area contributed by atoms with E-state index in [0.717, 1.165) is 10.5 Å². The lowest BCUT2D eigenvalue weighted by Crippen LogP contribution is -2.17. The number of rotatable bonds is 1. The molecule has 1 amide bonds. The molecule has 0 radical (unpaired) electrons. The minimum absolute atomic E-state index is 0.00583. The molecule has 3 nitrogen and oxygen atoms in total. The number of nitrogens with zero attached hydrogens (tertiary/aromatic N) is 1. The van der Waals surface area contributed by atoms with E-state index in [1.54, 1.807) is 19.3 Å².